The Kier molecular flexibility index (Phi) is 6.12. The first-order valence-corrected chi connectivity index (χ1v) is 11.9. The number of nitrogens with zero attached hydrogens (tertiary/aromatic N) is 4. The number of piperazine rings is 1. The number of halogens is 1. The molecule has 0 radical (unpaired) electrons. The van der Waals surface area contributed by atoms with Gasteiger partial charge in [-0.2, -0.15) is 0 Å². The number of rotatable bonds is 5. The minimum Gasteiger partial charge on any atom is -0.367 e. The lowest BCUT2D eigenvalue weighted by Crippen LogP contribution is -2.44. The highest BCUT2D eigenvalue weighted by molar-refractivity contribution is 7.17. The minimum absolute atomic E-state index is 0.155. The van der Waals surface area contributed by atoms with E-state index < -0.39 is 0 Å². The summed E-state index contributed by atoms with van der Waals surface area (Å²) in [6, 6.07) is 13.7. The molecule has 174 valence electrons. The van der Waals surface area contributed by atoms with Gasteiger partial charge in [0.05, 0.1) is 23.1 Å². The van der Waals surface area contributed by atoms with Gasteiger partial charge in [0.1, 0.15) is 17.2 Å². The largest absolute Gasteiger partial charge is 0.367 e. The van der Waals surface area contributed by atoms with Crippen LogP contribution in [0.2, 0.25) is 0 Å². The zero-order valence-electron chi connectivity index (χ0n) is 18.7. The van der Waals surface area contributed by atoms with Crippen LogP contribution in [0.1, 0.15) is 0 Å². The topological polar surface area (TPSA) is 70.5 Å². The summed E-state index contributed by atoms with van der Waals surface area (Å²) in [5, 5.41) is 5.24. The summed E-state index contributed by atoms with van der Waals surface area (Å²) in [6.45, 7) is 3.53. The Morgan fingerprint density at radius 2 is 1.82 bits per heavy atom. The van der Waals surface area contributed by atoms with Gasteiger partial charge in [-0.05, 0) is 36.9 Å². The fourth-order valence-corrected chi connectivity index (χ4v) is 5.08. The Labute approximate surface area is 200 Å². The molecule has 1 amide bonds. The number of carbonyl (C=O) groups excluding carboxylic acids is 1. The van der Waals surface area contributed by atoms with E-state index in [-0.39, 0.29) is 23.8 Å². The summed E-state index contributed by atoms with van der Waals surface area (Å²) in [5.74, 6) is -0.643. The van der Waals surface area contributed by atoms with Crippen molar-refractivity contribution < 1.29 is 9.18 Å². The van der Waals surface area contributed by atoms with Gasteiger partial charge in [0.15, 0.2) is 0 Å². The van der Waals surface area contributed by atoms with E-state index >= 15 is 0 Å². The summed E-state index contributed by atoms with van der Waals surface area (Å²) >= 11 is 1.35. The van der Waals surface area contributed by atoms with Crippen molar-refractivity contribution in [1.82, 2.24) is 14.5 Å². The molecule has 2 aromatic heterocycles. The summed E-state index contributed by atoms with van der Waals surface area (Å²) in [6.07, 6.45) is 1.40. The molecule has 34 heavy (non-hydrogen) atoms. The molecule has 4 aromatic rings. The highest BCUT2D eigenvalue weighted by Gasteiger charge is 2.19. The molecule has 0 atom stereocenters. The molecule has 0 spiro atoms. The molecule has 0 bridgehead atoms. The van der Waals surface area contributed by atoms with Crippen molar-refractivity contribution in [2.75, 3.05) is 43.4 Å². The Bertz CT molecular complexity index is 1390. The average molecular weight is 478 g/mol. The van der Waals surface area contributed by atoms with Crippen molar-refractivity contribution in [3.63, 3.8) is 0 Å². The normalized spacial score (nSPS) is 14.5. The standard InChI is InChI=1S/C25H24FN5O2S/c1-29-10-12-30(13-11-29)21-5-3-2-4-20(21)28-22(32)14-31-16-27-24-23(25(31)33)19(15-34-24)17-6-8-18(26)9-7-17/h2-9,15-16H,10-14H2,1H3,(H,28,32). The van der Waals surface area contributed by atoms with Gasteiger partial charge in [-0.15, -0.1) is 11.3 Å². The fourth-order valence-electron chi connectivity index (χ4n) is 4.17. The van der Waals surface area contributed by atoms with E-state index in [1.54, 1.807) is 12.1 Å². The molecular weight excluding hydrogens is 453 g/mol. The first-order valence-electron chi connectivity index (χ1n) is 11.0. The van der Waals surface area contributed by atoms with Gasteiger partial charge in [-0.1, -0.05) is 24.3 Å². The third-order valence-electron chi connectivity index (χ3n) is 6.05. The number of hydrogen-bond acceptors (Lipinski definition) is 6. The summed E-state index contributed by atoms with van der Waals surface area (Å²) < 4.78 is 14.7. The van der Waals surface area contributed by atoms with Crippen molar-refractivity contribution in [2.45, 2.75) is 6.54 Å². The Morgan fingerprint density at radius 3 is 2.59 bits per heavy atom. The summed E-state index contributed by atoms with van der Waals surface area (Å²) in [5.41, 5.74) is 2.82. The molecule has 0 saturated carbocycles. The number of hydrogen-bond donors (Lipinski definition) is 1. The Balaban J connectivity index is 1.39. The van der Waals surface area contributed by atoms with E-state index in [1.807, 2.05) is 29.6 Å². The number of benzene rings is 2. The molecule has 1 fully saturated rings. The fraction of sp³-hybridized carbons (Fsp3) is 0.240. The second-order valence-electron chi connectivity index (χ2n) is 8.37. The maximum absolute atomic E-state index is 13.3. The smallest absolute Gasteiger partial charge is 0.263 e. The van der Waals surface area contributed by atoms with Crippen LogP contribution in [-0.4, -0.2) is 53.6 Å². The zero-order chi connectivity index (χ0) is 23.7. The number of fused-ring (bicyclic) bond motifs is 1. The molecule has 2 aromatic carbocycles. The lowest BCUT2D eigenvalue weighted by atomic mass is 10.1. The molecular formula is C25H24FN5O2S. The van der Waals surface area contributed by atoms with Gasteiger partial charge in [0.2, 0.25) is 5.91 Å². The number of likely N-dealkylation sites (N-methyl/N-ethyl adjacent to an activating group) is 1. The van der Waals surface area contributed by atoms with Crippen molar-refractivity contribution >= 4 is 38.8 Å². The van der Waals surface area contributed by atoms with Gasteiger partial charge in [0, 0.05) is 37.1 Å². The molecule has 5 rings (SSSR count). The van der Waals surface area contributed by atoms with Crippen LogP contribution >= 0.6 is 11.3 Å². The maximum atomic E-state index is 13.3. The summed E-state index contributed by atoms with van der Waals surface area (Å²) in [7, 11) is 2.10. The van der Waals surface area contributed by atoms with E-state index in [9.17, 15) is 14.0 Å². The number of carbonyl (C=O) groups is 1. The molecule has 1 aliphatic rings. The zero-order valence-corrected chi connectivity index (χ0v) is 19.5. The van der Waals surface area contributed by atoms with Crippen LogP contribution in [0.25, 0.3) is 21.3 Å². The third-order valence-corrected chi connectivity index (χ3v) is 6.94. The quantitative estimate of drug-likeness (QED) is 0.475. The number of anilines is 2. The number of thiophene rings is 1. The highest BCUT2D eigenvalue weighted by atomic mass is 32.1. The predicted octanol–water partition coefficient (Wildman–Crippen LogP) is 3.65. The van der Waals surface area contributed by atoms with Crippen LogP contribution in [-0.2, 0) is 11.3 Å². The van der Waals surface area contributed by atoms with Gasteiger partial charge in [-0.3, -0.25) is 14.2 Å². The van der Waals surface area contributed by atoms with Crippen molar-refractivity contribution in [2.24, 2.45) is 0 Å². The lowest BCUT2D eigenvalue weighted by molar-refractivity contribution is -0.116. The number of amides is 1. The summed E-state index contributed by atoms with van der Waals surface area (Å²) in [4.78, 5) is 35.7. The van der Waals surface area contributed by atoms with Crippen LogP contribution in [0.4, 0.5) is 15.8 Å². The van der Waals surface area contributed by atoms with Crippen molar-refractivity contribution in [3.05, 3.63) is 76.4 Å². The number of nitrogens with one attached hydrogen (secondary N) is 1. The molecule has 1 aliphatic heterocycles. The van der Waals surface area contributed by atoms with Crippen LogP contribution in [0, 0.1) is 5.82 Å². The molecule has 1 saturated heterocycles. The second kappa shape index (κ2) is 9.36. The maximum Gasteiger partial charge on any atom is 0.263 e. The first kappa shape index (κ1) is 22.2. The molecule has 7 nitrogen and oxygen atoms in total. The predicted molar refractivity (Wildman–Crippen MR) is 134 cm³/mol. The van der Waals surface area contributed by atoms with Gasteiger partial charge in [0.25, 0.3) is 5.56 Å². The van der Waals surface area contributed by atoms with Crippen LogP contribution in [0.15, 0.2) is 65.0 Å². The van der Waals surface area contributed by atoms with Gasteiger partial charge >= 0.3 is 0 Å². The van der Waals surface area contributed by atoms with Gasteiger partial charge in [-0.25, -0.2) is 9.37 Å². The molecule has 0 unspecified atom stereocenters. The highest BCUT2D eigenvalue weighted by Crippen LogP contribution is 2.31. The Hall–Kier alpha value is -3.56. The SMILES string of the molecule is CN1CCN(c2ccccc2NC(=O)Cn2cnc3scc(-c4ccc(F)cc4)c3c2=O)CC1. The van der Waals surface area contributed by atoms with Crippen molar-refractivity contribution in [1.29, 1.82) is 0 Å². The minimum atomic E-state index is -0.340. The van der Waals surface area contributed by atoms with Crippen LogP contribution in [0.5, 0.6) is 0 Å². The van der Waals surface area contributed by atoms with Crippen LogP contribution < -0.4 is 15.8 Å². The lowest BCUT2D eigenvalue weighted by Gasteiger charge is -2.35. The second-order valence-corrected chi connectivity index (χ2v) is 9.23. The van der Waals surface area contributed by atoms with E-state index in [1.165, 1.54) is 34.4 Å². The van der Waals surface area contributed by atoms with Crippen molar-refractivity contribution in [3.8, 4) is 11.1 Å². The van der Waals surface area contributed by atoms with E-state index in [0.29, 0.717) is 15.8 Å². The van der Waals surface area contributed by atoms with E-state index in [2.05, 4.69) is 27.1 Å². The van der Waals surface area contributed by atoms with Gasteiger partial charge < -0.3 is 15.1 Å². The Morgan fingerprint density at radius 1 is 1.09 bits per heavy atom. The average Bonchev–Trinajstić information content (AvgIpc) is 3.27. The molecule has 1 N–H and O–H groups in total. The third kappa shape index (κ3) is 4.44. The van der Waals surface area contributed by atoms with E-state index in [4.69, 9.17) is 0 Å². The molecule has 3 heterocycles. The molecule has 0 aliphatic carbocycles. The monoisotopic (exact) mass is 477 g/mol. The number of aromatic nitrogens is 2. The molecule has 9 heteroatoms. The first-order chi connectivity index (χ1) is 16.5. The van der Waals surface area contributed by atoms with E-state index in [0.717, 1.165) is 43.1 Å². The van der Waals surface area contributed by atoms with Crippen LogP contribution in [0.3, 0.4) is 0 Å². The number of para-hydroxylation sites is 2.